The van der Waals surface area contributed by atoms with Crippen LogP contribution in [0.25, 0.3) is 0 Å². The fourth-order valence-corrected chi connectivity index (χ4v) is 4.88. The molecule has 1 aliphatic carbocycles. The number of benzene rings is 1. The van der Waals surface area contributed by atoms with Gasteiger partial charge in [0.25, 0.3) is 0 Å². The van der Waals surface area contributed by atoms with E-state index < -0.39 is 0 Å². The molecule has 1 saturated heterocycles. The lowest BCUT2D eigenvalue weighted by molar-refractivity contribution is -0.130. The van der Waals surface area contributed by atoms with E-state index in [1.165, 1.54) is 30.6 Å². The smallest absolute Gasteiger partial charge is 0.244 e. The van der Waals surface area contributed by atoms with Crippen LogP contribution in [0.3, 0.4) is 0 Å². The summed E-state index contributed by atoms with van der Waals surface area (Å²) in [5, 5.41) is 3.61. The van der Waals surface area contributed by atoms with Gasteiger partial charge in [0.2, 0.25) is 11.8 Å². The van der Waals surface area contributed by atoms with Crippen molar-refractivity contribution in [3.05, 3.63) is 24.3 Å². The third-order valence-electron chi connectivity index (χ3n) is 3.90. The molecule has 2 amide bonds. The molecule has 1 heterocycles. The summed E-state index contributed by atoms with van der Waals surface area (Å²) >= 11 is 3.49. The molecule has 0 spiro atoms. The zero-order valence-electron chi connectivity index (χ0n) is 12.4. The van der Waals surface area contributed by atoms with Gasteiger partial charge in [0.1, 0.15) is 6.54 Å². The number of hydrogen-bond acceptors (Lipinski definition) is 4. The van der Waals surface area contributed by atoms with Gasteiger partial charge in [0.15, 0.2) is 0 Å². The summed E-state index contributed by atoms with van der Waals surface area (Å²) in [7, 11) is 0. The largest absolute Gasteiger partial charge is 0.325 e. The second kappa shape index (κ2) is 7.42. The summed E-state index contributed by atoms with van der Waals surface area (Å²) in [4.78, 5) is 26.3. The van der Waals surface area contributed by atoms with Crippen molar-refractivity contribution in [2.45, 2.75) is 35.8 Å². The van der Waals surface area contributed by atoms with Crippen LogP contribution in [-0.4, -0.2) is 40.1 Å². The van der Waals surface area contributed by atoms with Gasteiger partial charge in [-0.25, -0.2) is 0 Å². The topological polar surface area (TPSA) is 49.4 Å². The fourth-order valence-electron chi connectivity index (χ4n) is 2.73. The number of nitrogens with one attached hydrogen (secondary N) is 1. The molecule has 4 nitrogen and oxygen atoms in total. The minimum absolute atomic E-state index is 0.0449. The molecule has 1 aromatic rings. The molecule has 1 aromatic carbocycles. The number of hydrogen-bond donors (Lipinski definition) is 1. The summed E-state index contributed by atoms with van der Waals surface area (Å²) in [6.07, 6.45) is 5.31. The quantitative estimate of drug-likeness (QED) is 0.897. The molecule has 0 unspecified atom stereocenters. The van der Waals surface area contributed by atoms with Gasteiger partial charge >= 0.3 is 0 Å². The maximum Gasteiger partial charge on any atom is 0.244 e. The van der Waals surface area contributed by atoms with E-state index in [1.54, 1.807) is 16.7 Å². The standard InChI is InChI=1S/C16H20N2O2S2/c19-15(9-18-11-21-10-16(18)20)17-12-5-7-14(8-6-12)22-13-3-1-2-4-13/h5-8,13H,1-4,9-11H2,(H,17,19). The molecule has 22 heavy (non-hydrogen) atoms. The molecule has 1 aliphatic heterocycles. The van der Waals surface area contributed by atoms with Crippen molar-refractivity contribution in [1.82, 2.24) is 4.90 Å². The molecule has 3 rings (SSSR count). The number of anilines is 1. The Balaban J connectivity index is 1.49. The average Bonchev–Trinajstić information content (AvgIpc) is 3.14. The zero-order chi connectivity index (χ0) is 15.4. The predicted molar refractivity (Wildman–Crippen MR) is 92.2 cm³/mol. The molecular weight excluding hydrogens is 316 g/mol. The SMILES string of the molecule is O=C(CN1CSCC1=O)Nc1ccc(SC2CCCC2)cc1. The lowest BCUT2D eigenvalue weighted by Gasteiger charge is -2.14. The minimum atomic E-state index is -0.132. The first kappa shape index (κ1) is 15.7. The van der Waals surface area contributed by atoms with E-state index in [9.17, 15) is 9.59 Å². The van der Waals surface area contributed by atoms with Crippen molar-refractivity contribution in [1.29, 1.82) is 0 Å². The first-order valence-electron chi connectivity index (χ1n) is 7.63. The normalized spacial score (nSPS) is 18.9. The fraction of sp³-hybridized carbons (Fsp3) is 0.500. The van der Waals surface area contributed by atoms with Crippen LogP contribution in [-0.2, 0) is 9.59 Å². The third-order valence-corrected chi connectivity index (χ3v) is 6.20. The second-order valence-electron chi connectivity index (χ2n) is 5.67. The van der Waals surface area contributed by atoms with Crippen LogP contribution in [0, 0.1) is 0 Å². The molecule has 1 N–H and O–H groups in total. The summed E-state index contributed by atoms with van der Waals surface area (Å²) in [5.41, 5.74) is 0.792. The highest BCUT2D eigenvalue weighted by molar-refractivity contribution is 8.00. The number of amides is 2. The summed E-state index contributed by atoms with van der Waals surface area (Å²) in [5.74, 6) is 1.01. The molecule has 1 saturated carbocycles. The maximum atomic E-state index is 12.0. The Labute approximate surface area is 139 Å². The van der Waals surface area contributed by atoms with Crippen LogP contribution in [0.15, 0.2) is 29.2 Å². The predicted octanol–water partition coefficient (Wildman–Crippen LogP) is 3.19. The van der Waals surface area contributed by atoms with Crippen molar-refractivity contribution < 1.29 is 9.59 Å². The maximum absolute atomic E-state index is 12.0. The Morgan fingerprint density at radius 3 is 2.64 bits per heavy atom. The number of rotatable bonds is 5. The highest BCUT2D eigenvalue weighted by Crippen LogP contribution is 2.34. The number of carbonyl (C=O) groups excluding carboxylic acids is 2. The Morgan fingerprint density at radius 2 is 2.00 bits per heavy atom. The molecule has 118 valence electrons. The van der Waals surface area contributed by atoms with Crippen molar-refractivity contribution in [3.8, 4) is 0 Å². The summed E-state index contributed by atoms with van der Waals surface area (Å²) in [6, 6.07) is 8.01. The van der Waals surface area contributed by atoms with Crippen molar-refractivity contribution >= 4 is 41.0 Å². The second-order valence-corrected chi connectivity index (χ2v) is 8.00. The summed E-state index contributed by atoms with van der Waals surface area (Å²) < 4.78 is 0. The molecule has 6 heteroatoms. The Hall–Kier alpha value is -1.14. The van der Waals surface area contributed by atoms with E-state index in [-0.39, 0.29) is 18.4 Å². The van der Waals surface area contributed by atoms with Crippen LogP contribution < -0.4 is 5.32 Å². The third kappa shape index (κ3) is 4.20. The van der Waals surface area contributed by atoms with Gasteiger partial charge in [0.05, 0.1) is 11.6 Å². The molecule has 0 radical (unpaired) electrons. The lowest BCUT2D eigenvalue weighted by atomic mass is 10.3. The van der Waals surface area contributed by atoms with Crippen molar-refractivity contribution in [2.24, 2.45) is 0 Å². The molecule has 0 aromatic heterocycles. The van der Waals surface area contributed by atoms with E-state index in [0.717, 1.165) is 10.9 Å². The highest BCUT2D eigenvalue weighted by atomic mass is 32.2. The van der Waals surface area contributed by atoms with Gasteiger partial charge < -0.3 is 10.2 Å². The lowest BCUT2D eigenvalue weighted by Crippen LogP contribution is -2.34. The molecule has 2 aliphatic rings. The van der Waals surface area contributed by atoms with Crippen LogP contribution in [0.2, 0.25) is 0 Å². The van der Waals surface area contributed by atoms with E-state index in [4.69, 9.17) is 0 Å². The number of carbonyl (C=O) groups is 2. The van der Waals surface area contributed by atoms with E-state index in [1.807, 2.05) is 23.9 Å². The van der Waals surface area contributed by atoms with Gasteiger partial charge in [-0.2, -0.15) is 0 Å². The summed E-state index contributed by atoms with van der Waals surface area (Å²) in [6.45, 7) is 0.143. The molecule has 2 fully saturated rings. The molecular formula is C16H20N2O2S2. The molecule has 0 bridgehead atoms. The van der Waals surface area contributed by atoms with Crippen LogP contribution in [0.4, 0.5) is 5.69 Å². The van der Waals surface area contributed by atoms with Crippen molar-refractivity contribution in [3.63, 3.8) is 0 Å². The highest BCUT2D eigenvalue weighted by Gasteiger charge is 2.22. The Bertz CT molecular complexity index is 542. The minimum Gasteiger partial charge on any atom is -0.325 e. The average molecular weight is 336 g/mol. The van der Waals surface area contributed by atoms with Gasteiger partial charge in [-0.1, -0.05) is 12.8 Å². The van der Waals surface area contributed by atoms with E-state index >= 15 is 0 Å². The van der Waals surface area contributed by atoms with E-state index in [2.05, 4.69) is 17.4 Å². The van der Waals surface area contributed by atoms with Gasteiger partial charge in [-0.15, -0.1) is 23.5 Å². The van der Waals surface area contributed by atoms with Gasteiger partial charge in [-0.05, 0) is 37.1 Å². The molecule has 0 atom stereocenters. The number of thioether (sulfide) groups is 2. The van der Waals surface area contributed by atoms with Crippen LogP contribution in [0.5, 0.6) is 0 Å². The van der Waals surface area contributed by atoms with E-state index in [0.29, 0.717) is 11.6 Å². The van der Waals surface area contributed by atoms with Gasteiger partial charge in [0, 0.05) is 15.8 Å². The van der Waals surface area contributed by atoms with Crippen LogP contribution in [0.1, 0.15) is 25.7 Å². The first-order valence-corrected chi connectivity index (χ1v) is 9.66. The van der Waals surface area contributed by atoms with Crippen LogP contribution >= 0.6 is 23.5 Å². The van der Waals surface area contributed by atoms with Gasteiger partial charge in [-0.3, -0.25) is 9.59 Å². The monoisotopic (exact) mass is 336 g/mol. The zero-order valence-corrected chi connectivity index (χ0v) is 14.0. The number of nitrogens with zero attached hydrogens (tertiary/aromatic N) is 1. The Morgan fingerprint density at radius 1 is 1.27 bits per heavy atom. The van der Waals surface area contributed by atoms with Crippen molar-refractivity contribution in [2.75, 3.05) is 23.5 Å². The first-order chi connectivity index (χ1) is 10.7. The Kier molecular flexibility index (Phi) is 5.31.